The molecule has 0 amide bonds. The molecule has 2 N–H and O–H groups in total. The number of ether oxygens (including phenoxy) is 1. The lowest BCUT2D eigenvalue weighted by Gasteiger charge is -2.38. The van der Waals surface area contributed by atoms with Crippen molar-refractivity contribution in [3.63, 3.8) is 0 Å². The summed E-state index contributed by atoms with van der Waals surface area (Å²) in [5, 5.41) is 6.97. The molecule has 2 aliphatic rings. The molecule has 1 aliphatic heterocycles. The van der Waals surface area contributed by atoms with Gasteiger partial charge in [0.05, 0.1) is 13.2 Å². The second-order valence-electron chi connectivity index (χ2n) is 6.33. The van der Waals surface area contributed by atoms with Crippen molar-refractivity contribution in [2.45, 2.75) is 45.6 Å². The van der Waals surface area contributed by atoms with E-state index in [1.165, 1.54) is 25.7 Å². The van der Waals surface area contributed by atoms with Crippen LogP contribution in [0.4, 0.5) is 0 Å². The highest BCUT2D eigenvalue weighted by atomic mass is 16.5. The number of hydrogen-bond donors (Lipinski definition) is 2. The van der Waals surface area contributed by atoms with Crippen LogP contribution in [0.25, 0.3) is 0 Å². The summed E-state index contributed by atoms with van der Waals surface area (Å²) >= 11 is 0. The molecule has 0 unspecified atom stereocenters. The van der Waals surface area contributed by atoms with Crippen molar-refractivity contribution >= 4 is 5.96 Å². The van der Waals surface area contributed by atoms with E-state index < -0.39 is 0 Å². The first-order chi connectivity index (χ1) is 8.61. The molecule has 1 heterocycles. The number of guanidine groups is 1. The molecular formula is C14H27N3O. The summed E-state index contributed by atoms with van der Waals surface area (Å²) in [6, 6.07) is 0.595. The Morgan fingerprint density at radius 3 is 2.44 bits per heavy atom. The maximum absolute atomic E-state index is 5.27. The van der Waals surface area contributed by atoms with Gasteiger partial charge in [-0.15, -0.1) is 0 Å². The van der Waals surface area contributed by atoms with Gasteiger partial charge < -0.3 is 15.4 Å². The second kappa shape index (κ2) is 5.91. The Bertz CT molecular complexity index is 291. The molecule has 0 radical (unpaired) electrons. The summed E-state index contributed by atoms with van der Waals surface area (Å²) in [7, 11) is 1.85. The zero-order chi connectivity index (χ0) is 13.0. The van der Waals surface area contributed by atoms with Gasteiger partial charge in [0.1, 0.15) is 0 Å². The molecule has 0 bridgehead atoms. The van der Waals surface area contributed by atoms with E-state index in [9.17, 15) is 0 Å². The molecule has 18 heavy (non-hydrogen) atoms. The van der Waals surface area contributed by atoms with E-state index in [0.29, 0.717) is 11.5 Å². The Morgan fingerprint density at radius 1 is 1.28 bits per heavy atom. The molecule has 0 aromatic carbocycles. The average Bonchev–Trinajstić information content (AvgIpc) is 2.34. The van der Waals surface area contributed by atoms with Crippen LogP contribution in [-0.4, -0.2) is 38.8 Å². The molecular weight excluding hydrogens is 226 g/mol. The molecule has 0 atom stereocenters. The Balaban J connectivity index is 1.72. The minimum atomic E-state index is 0.290. The fourth-order valence-corrected chi connectivity index (χ4v) is 2.64. The Morgan fingerprint density at radius 2 is 1.94 bits per heavy atom. The molecule has 4 nitrogen and oxygen atoms in total. The van der Waals surface area contributed by atoms with Crippen molar-refractivity contribution in [1.82, 2.24) is 10.6 Å². The summed E-state index contributed by atoms with van der Waals surface area (Å²) < 4.78 is 5.27. The lowest BCUT2D eigenvalue weighted by molar-refractivity contribution is -0.0971. The number of nitrogens with one attached hydrogen (secondary N) is 2. The van der Waals surface area contributed by atoms with E-state index in [2.05, 4.69) is 29.5 Å². The van der Waals surface area contributed by atoms with Crippen LogP contribution < -0.4 is 10.6 Å². The highest BCUT2D eigenvalue weighted by molar-refractivity contribution is 5.80. The molecule has 4 heteroatoms. The minimum Gasteiger partial charge on any atom is -0.380 e. The number of hydrogen-bond acceptors (Lipinski definition) is 2. The molecule has 1 saturated carbocycles. The summed E-state index contributed by atoms with van der Waals surface area (Å²) in [6.45, 7) is 7.26. The van der Waals surface area contributed by atoms with E-state index >= 15 is 0 Å². The van der Waals surface area contributed by atoms with Gasteiger partial charge in [-0.1, -0.05) is 13.8 Å². The van der Waals surface area contributed by atoms with Gasteiger partial charge in [-0.3, -0.25) is 4.99 Å². The minimum absolute atomic E-state index is 0.290. The first-order valence-corrected chi connectivity index (χ1v) is 7.16. The van der Waals surface area contributed by atoms with Crippen LogP contribution in [0.1, 0.15) is 39.5 Å². The number of rotatable bonds is 3. The molecule has 104 valence electrons. The summed E-state index contributed by atoms with van der Waals surface area (Å²) in [4.78, 5) is 4.32. The summed E-state index contributed by atoms with van der Waals surface area (Å²) in [5.41, 5.74) is 0.290. The number of aliphatic imine (C=N–C) groups is 1. The van der Waals surface area contributed by atoms with E-state index in [1.807, 2.05) is 7.05 Å². The van der Waals surface area contributed by atoms with E-state index in [1.54, 1.807) is 0 Å². The largest absolute Gasteiger partial charge is 0.380 e. The van der Waals surface area contributed by atoms with Crippen molar-refractivity contribution in [3.05, 3.63) is 0 Å². The SMILES string of the molecule is CN=C(NCC1(C)COC1)NC1CCC(C)CC1. The van der Waals surface area contributed by atoms with Gasteiger partial charge in [0.25, 0.3) is 0 Å². The zero-order valence-corrected chi connectivity index (χ0v) is 12.0. The van der Waals surface area contributed by atoms with E-state index in [-0.39, 0.29) is 0 Å². The average molecular weight is 253 g/mol. The molecule has 0 aromatic heterocycles. The maximum Gasteiger partial charge on any atom is 0.191 e. The van der Waals surface area contributed by atoms with Crippen LogP contribution in [0.3, 0.4) is 0 Å². The highest BCUT2D eigenvalue weighted by Crippen LogP contribution is 2.25. The van der Waals surface area contributed by atoms with Gasteiger partial charge in [0.15, 0.2) is 5.96 Å². The highest BCUT2D eigenvalue weighted by Gasteiger charge is 2.33. The van der Waals surface area contributed by atoms with Gasteiger partial charge in [-0.05, 0) is 31.6 Å². The van der Waals surface area contributed by atoms with Crippen molar-refractivity contribution < 1.29 is 4.74 Å². The van der Waals surface area contributed by atoms with Crippen molar-refractivity contribution in [3.8, 4) is 0 Å². The normalized spacial score (nSPS) is 31.6. The van der Waals surface area contributed by atoms with Crippen molar-refractivity contribution in [1.29, 1.82) is 0 Å². The standard InChI is InChI=1S/C14H27N3O/c1-11-4-6-12(7-5-11)17-13(15-3)16-8-14(2)9-18-10-14/h11-12H,4-10H2,1-3H3,(H2,15,16,17). The fraction of sp³-hybridized carbons (Fsp3) is 0.929. The van der Waals surface area contributed by atoms with Gasteiger partial charge in [0.2, 0.25) is 0 Å². The topological polar surface area (TPSA) is 45.7 Å². The smallest absolute Gasteiger partial charge is 0.191 e. The van der Waals surface area contributed by atoms with Gasteiger partial charge >= 0.3 is 0 Å². The van der Waals surface area contributed by atoms with Crippen molar-refractivity contribution in [2.24, 2.45) is 16.3 Å². The monoisotopic (exact) mass is 253 g/mol. The Kier molecular flexibility index (Phi) is 4.49. The molecule has 1 aliphatic carbocycles. The van der Waals surface area contributed by atoms with Gasteiger partial charge in [0, 0.05) is 25.0 Å². The molecule has 2 fully saturated rings. The lowest BCUT2D eigenvalue weighted by Crippen LogP contribution is -2.52. The van der Waals surface area contributed by atoms with Crippen LogP contribution in [0.2, 0.25) is 0 Å². The predicted molar refractivity (Wildman–Crippen MR) is 74.8 cm³/mol. The first-order valence-electron chi connectivity index (χ1n) is 7.16. The fourth-order valence-electron chi connectivity index (χ4n) is 2.64. The van der Waals surface area contributed by atoms with Gasteiger partial charge in [-0.2, -0.15) is 0 Å². The van der Waals surface area contributed by atoms with Crippen molar-refractivity contribution in [2.75, 3.05) is 26.8 Å². The quantitative estimate of drug-likeness (QED) is 0.595. The van der Waals surface area contributed by atoms with Crippen LogP contribution in [0.5, 0.6) is 0 Å². The Labute approximate surface area is 111 Å². The maximum atomic E-state index is 5.27. The molecule has 0 spiro atoms. The molecule has 1 saturated heterocycles. The first kappa shape index (κ1) is 13.7. The Hall–Kier alpha value is -0.770. The van der Waals surface area contributed by atoms with Gasteiger partial charge in [-0.25, -0.2) is 0 Å². The lowest BCUT2D eigenvalue weighted by atomic mass is 9.87. The van der Waals surface area contributed by atoms with Crippen LogP contribution in [-0.2, 0) is 4.74 Å². The van der Waals surface area contributed by atoms with Crippen LogP contribution in [0.15, 0.2) is 4.99 Å². The van der Waals surface area contributed by atoms with Crippen LogP contribution >= 0.6 is 0 Å². The molecule has 0 aromatic rings. The zero-order valence-electron chi connectivity index (χ0n) is 12.0. The third kappa shape index (κ3) is 3.61. The summed E-state index contributed by atoms with van der Waals surface area (Å²) in [5.74, 6) is 1.84. The third-order valence-electron chi connectivity index (χ3n) is 4.16. The molecule has 2 rings (SSSR count). The second-order valence-corrected chi connectivity index (χ2v) is 6.33. The summed E-state index contributed by atoms with van der Waals surface area (Å²) in [6.07, 6.45) is 5.20. The number of nitrogens with zero attached hydrogens (tertiary/aromatic N) is 1. The van der Waals surface area contributed by atoms with E-state index in [0.717, 1.165) is 31.6 Å². The van der Waals surface area contributed by atoms with Crippen LogP contribution in [0, 0.1) is 11.3 Å². The predicted octanol–water partition coefficient (Wildman–Crippen LogP) is 1.77. The van der Waals surface area contributed by atoms with E-state index in [4.69, 9.17) is 4.74 Å². The third-order valence-corrected chi connectivity index (χ3v) is 4.16.